The van der Waals surface area contributed by atoms with E-state index in [0.29, 0.717) is 6.42 Å². The summed E-state index contributed by atoms with van der Waals surface area (Å²) >= 11 is 0. The summed E-state index contributed by atoms with van der Waals surface area (Å²) in [6, 6.07) is 22.1. The Morgan fingerprint density at radius 1 is 0.846 bits per heavy atom. The first-order valence-corrected chi connectivity index (χ1v) is 8.81. The number of aliphatic hydroxyl groups is 1. The average Bonchev–Trinajstić information content (AvgIpc) is 2.71. The molecule has 0 radical (unpaired) electrons. The number of nitrogens with zero attached hydrogens (tertiary/aromatic N) is 3. The SMILES string of the molecule is OCCCN(Cc1ccccc1)c1cccc(/C=C/c2ccccn2)n1. The Morgan fingerprint density at radius 3 is 2.38 bits per heavy atom. The van der Waals surface area contributed by atoms with Crippen molar-refractivity contribution < 1.29 is 5.11 Å². The van der Waals surface area contributed by atoms with Crippen LogP contribution < -0.4 is 4.90 Å². The summed E-state index contributed by atoms with van der Waals surface area (Å²) in [5.74, 6) is 0.908. The van der Waals surface area contributed by atoms with Crippen molar-refractivity contribution in [1.29, 1.82) is 0 Å². The molecule has 1 aromatic carbocycles. The van der Waals surface area contributed by atoms with E-state index in [2.05, 4.69) is 22.0 Å². The van der Waals surface area contributed by atoms with E-state index in [0.717, 1.165) is 30.3 Å². The van der Waals surface area contributed by atoms with Crippen LogP contribution >= 0.6 is 0 Å². The lowest BCUT2D eigenvalue weighted by Crippen LogP contribution is -2.25. The van der Waals surface area contributed by atoms with Gasteiger partial charge >= 0.3 is 0 Å². The fraction of sp³-hybridized carbons (Fsp3) is 0.182. The van der Waals surface area contributed by atoms with Gasteiger partial charge in [-0.3, -0.25) is 4.98 Å². The van der Waals surface area contributed by atoms with Crippen LogP contribution in [0.1, 0.15) is 23.4 Å². The van der Waals surface area contributed by atoms with Crippen molar-refractivity contribution in [1.82, 2.24) is 9.97 Å². The van der Waals surface area contributed by atoms with Crippen LogP contribution in [0.3, 0.4) is 0 Å². The second-order valence-electron chi connectivity index (χ2n) is 5.99. The Kier molecular flexibility index (Phi) is 6.51. The highest BCUT2D eigenvalue weighted by Crippen LogP contribution is 2.17. The highest BCUT2D eigenvalue weighted by molar-refractivity contribution is 5.66. The van der Waals surface area contributed by atoms with Gasteiger partial charge in [-0.25, -0.2) is 4.98 Å². The lowest BCUT2D eigenvalue weighted by atomic mass is 10.2. The van der Waals surface area contributed by atoms with E-state index in [1.54, 1.807) is 6.20 Å². The fourth-order valence-corrected chi connectivity index (χ4v) is 2.69. The van der Waals surface area contributed by atoms with Crippen molar-refractivity contribution in [2.24, 2.45) is 0 Å². The minimum Gasteiger partial charge on any atom is -0.396 e. The van der Waals surface area contributed by atoms with Crippen LogP contribution in [0.5, 0.6) is 0 Å². The molecular formula is C22H23N3O. The summed E-state index contributed by atoms with van der Waals surface area (Å²) < 4.78 is 0. The minimum atomic E-state index is 0.171. The molecular weight excluding hydrogens is 322 g/mol. The molecule has 2 heterocycles. The molecule has 0 spiro atoms. The van der Waals surface area contributed by atoms with Crippen LogP contribution in [-0.2, 0) is 6.54 Å². The summed E-state index contributed by atoms with van der Waals surface area (Å²) in [7, 11) is 0. The summed E-state index contributed by atoms with van der Waals surface area (Å²) in [5, 5.41) is 9.23. The van der Waals surface area contributed by atoms with Gasteiger partial charge in [-0.05, 0) is 48.4 Å². The molecule has 0 unspecified atom stereocenters. The zero-order valence-electron chi connectivity index (χ0n) is 14.7. The average molecular weight is 345 g/mol. The number of pyridine rings is 2. The number of hydrogen-bond donors (Lipinski definition) is 1. The summed E-state index contributed by atoms with van der Waals surface area (Å²) in [6.07, 6.45) is 6.42. The maximum atomic E-state index is 9.23. The largest absolute Gasteiger partial charge is 0.396 e. The smallest absolute Gasteiger partial charge is 0.129 e. The van der Waals surface area contributed by atoms with Gasteiger partial charge in [-0.15, -0.1) is 0 Å². The molecule has 132 valence electrons. The number of anilines is 1. The van der Waals surface area contributed by atoms with E-state index >= 15 is 0 Å². The Hall–Kier alpha value is -2.98. The zero-order valence-corrected chi connectivity index (χ0v) is 14.7. The number of rotatable bonds is 8. The van der Waals surface area contributed by atoms with Gasteiger partial charge in [0.2, 0.25) is 0 Å². The zero-order chi connectivity index (χ0) is 18.0. The highest BCUT2D eigenvalue weighted by atomic mass is 16.3. The second kappa shape index (κ2) is 9.49. The topological polar surface area (TPSA) is 49.2 Å². The van der Waals surface area contributed by atoms with Gasteiger partial charge in [-0.1, -0.05) is 42.5 Å². The number of benzene rings is 1. The van der Waals surface area contributed by atoms with E-state index in [9.17, 15) is 5.11 Å². The monoisotopic (exact) mass is 345 g/mol. The van der Waals surface area contributed by atoms with Crippen molar-refractivity contribution in [3.05, 3.63) is 89.9 Å². The third kappa shape index (κ3) is 5.26. The van der Waals surface area contributed by atoms with Gasteiger partial charge in [0.1, 0.15) is 5.82 Å². The lowest BCUT2D eigenvalue weighted by molar-refractivity contribution is 0.289. The van der Waals surface area contributed by atoms with Crippen molar-refractivity contribution in [3.8, 4) is 0 Å². The van der Waals surface area contributed by atoms with E-state index in [4.69, 9.17) is 4.98 Å². The Balaban J connectivity index is 1.79. The molecule has 0 aliphatic rings. The van der Waals surface area contributed by atoms with Crippen molar-refractivity contribution in [2.75, 3.05) is 18.1 Å². The summed E-state index contributed by atoms with van der Waals surface area (Å²) in [4.78, 5) is 11.3. The molecule has 26 heavy (non-hydrogen) atoms. The first kappa shape index (κ1) is 17.8. The van der Waals surface area contributed by atoms with Crippen LogP contribution in [0, 0.1) is 0 Å². The minimum absolute atomic E-state index is 0.171. The quantitative estimate of drug-likeness (QED) is 0.669. The Bertz CT molecular complexity index is 819. The molecule has 1 N–H and O–H groups in total. The van der Waals surface area contributed by atoms with E-state index in [-0.39, 0.29) is 6.61 Å². The van der Waals surface area contributed by atoms with Crippen LogP contribution in [0.2, 0.25) is 0 Å². The molecule has 3 aromatic rings. The van der Waals surface area contributed by atoms with Crippen LogP contribution in [0.4, 0.5) is 5.82 Å². The molecule has 0 amide bonds. The molecule has 0 aliphatic carbocycles. The Labute approximate surface area is 154 Å². The van der Waals surface area contributed by atoms with Crippen LogP contribution in [-0.4, -0.2) is 28.2 Å². The molecule has 2 aromatic heterocycles. The third-order valence-electron chi connectivity index (χ3n) is 3.99. The van der Waals surface area contributed by atoms with E-state index in [1.807, 2.05) is 66.7 Å². The lowest BCUT2D eigenvalue weighted by Gasteiger charge is -2.24. The van der Waals surface area contributed by atoms with Gasteiger partial charge in [-0.2, -0.15) is 0 Å². The highest BCUT2D eigenvalue weighted by Gasteiger charge is 2.09. The standard InChI is InChI=1S/C22H23N3O/c26-17-7-16-25(18-19-8-2-1-3-9-19)22-12-6-11-21(24-22)14-13-20-10-4-5-15-23-20/h1-6,8-15,26H,7,16-18H2/b14-13+. The van der Waals surface area contributed by atoms with Crippen molar-refractivity contribution in [2.45, 2.75) is 13.0 Å². The van der Waals surface area contributed by atoms with E-state index < -0.39 is 0 Å². The number of aromatic nitrogens is 2. The normalized spacial score (nSPS) is 11.0. The van der Waals surface area contributed by atoms with Gasteiger partial charge in [0, 0.05) is 25.9 Å². The van der Waals surface area contributed by atoms with Crippen molar-refractivity contribution >= 4 is 18.0 Å². The van der Waals surface area contributed by atoms with Crippen molar-refractivity contribution in [3.63, 3.8) is 0 Å². The predicted octanol–water partition coefficient (Wildman–Crippen LogP) is 4.04. The summed E-state index contributed by atoms with van der Waals surface area (Å²) in [5.41, 5.74) is 3.01. The second-order valence-corrected chi connectivity index (χ2v) is 5.99. The predicted molar refractivity (Wildman–Crippen MR) is 107 cm³/mol. The van der Waals surface area contributed by atoms with Gasteiger partial charge < -0.3 is 10.0 Å². The molecule has 0 aliphatic heterocycles. The van der Waals surface area contributed by atoms with Gasteiger partial charge in [0.25, 0.3) is 0 Å². The van der Waals surface area contributed by atoms with E-state index in [1.165, 1.54) is 5.56 Å². The molecule has 3 rings (SSSR count). The molecule has 4 nitrogen and oxygen atoms in total. The summed E-state index contributed by atoms with van der Waals surface area (Å²) in [6.45, 7) is 1.69. The van der Waals surface area contributed by atoms with Gasteiger partial charge in [0.15, 0.2) is 0 Å². The van der Waals surface area contributed by atoms with Crippen LogP contribution in [0.15, 0.2) is 72.9 Å². The van der Waals surface area contributed by atoms with Gasteiger partial charge in [0.05, 0.1) is 11.4 Å². The number of aliphatic hydroxyl groups excluding tert-OH is 1. The maximum absolute atomic E-state index is 9.23. The first-order valence-electron chi connectivity index (χ1n) is 8.81. The molecule has 0 saturated carbocycles. The first-order chi connectivity index (χ1) is 12.8. The maximum Gasteiger partial charge on any atom is 0.129 e. The molecule has 4 heteroatoms. The number of hydrogen-bond acceptors (Lipinski definition) is 4. The Morgan fingerprint density at radius 2 is 1.62 bits per heavy atom. The van der Waals surface area contributed by atoms with Crippen LogP contribution in [0.25, 0.3) is 12.2 Å². The fourth-order valence-electron chi connectivity index (χ4n) is 2.69. The molecule has 0 fully saturated rings. The molecule has 0 atom stereocenters. The third-order valence-corrected chi connectivity index (χ3v) is 3.99. The molecule has 0 saturated heterocycles. The molecule has 0 bridgehead atoms.